The number of rotatable bonds is 7. The van der Waals surface area contributed by atoms with Gasteiger partial charge in [0.05, 0.1) is 14.2 Å². The van der Waals surface area contributed by atoms with E-state index in [9.17, 15) is 4.79 Å². The summed E-state index contributed by atoms with van der Waals surface area (Å²) in [4.78, 5) is 18.9. The number of carbonyl (C=O) groups is 1. The van der Waals surface area contributed by atoms with Gasteiger partial charge < -0.3 is 20.1 Å². The summed E-state index contributed by atoms with van der Waals surface area (Å²) in [5.74, 6) is 1.50. The molecule has 30 heavy (non-hydrogen) atoms. The van der Waals surface area contributed by atoms with Gasteiger partial charge in [0.2, 0.25) is 0 Å². The SMILES string of the molecule is COc1cc(CN(c2nn3cccnc3c2C(N)=O)C2CCCCC2)cc(OC)c1. The zero-order chi connectivity index (χ0) is 21.1. The minimum Gasteiger partial charge on any atom is -0.497 e. The zero-order valence-corrected chi connectivity index (χ0v) is 17.4. The second-order valence-corrected chi connectivity index (χ2v) is 7.59. The number of methoxy groups -OCH3 is 2. The number of aromatic nitrogens is 3. The highest BCUT2D eigenvalue weighted by Gasteiger charge is 2.29. The first kappa shape index (κ1) is 20.0. The van der Waals surface area contributed by atoms with Crippen molar-refractivity contribution in [2.45, 2.75) is 44.7 Å². The Balaban J connectivity index is 1.81. The quantitative estimate of drug-likeness (QED) is 0.644. The molecule has 0 bridgehead atoms. The Labute approximate surface area is 175 Å². The molecular weight excluding hydrogens is 382 g/mol. The van der Waals surface area contributed by atoms with Crippen molar-refractivity contribution in [3.63, 3.8) is 0 Å². The number of nitrogens with zero attached hydrogens (tertiary/aromatic N) is 4. The molecule has 1 amide bonds. The minimum atomic E-state index is -0.525. The summed E-state index contributed by atoms with van der Waals surface area (Å²) in [6.07, 6.45) is 9.05. The van der Waals surface area contributed by atoms with E-state index in [-0.39, 0.29) is 6.04 Å². The number of carbonyl (C=O) groups excluding carboxylic acids is 1. The predicted molar refractivity (Wildman–Crippen MR) is 114 cm³/mol. The van der Waals surface area contributed by atoms with E-state index in [4.69, 9.17) is 20.3 Å². The number of benzene rings is 1. The summed E-state index contributed by atoms with van der Waals surface area (Å²) >= 11 is 0. The zero-order valence-electron chi connectivity index (χ0n) is 17.4. The molecule has 2 heterocycles. The summed E-state index contributed by atoms with van der Waals surface area (Å²) in [6.45, 7) is 0.558. The molecule has 2 aromatic heterocycles. The molecule has 0 spiro atoms. The summed E-state index contributed by atoms with van der Waals surface area (Å²) < 4.78 is 12.5. The Kier molecular flexibility index (Phi) is 5.74. The fourth-order valence-corrected chi connectivity index (χ4v) is 4.22. The van der Waals surface area contributed by atoms with Crippen molar-refractivity contribution in [3.8, 4) is 11.5 Å². The van der Waals surface area contributed by atoms with E-state index < -0.39 is 5.91 Å². The van der Waals surface area contributed by atoms with Crippen LogP contribution < -0.4 is 20.1 Å². The predicted octanol–water partition coefficient (Wildman–Crippen LogP) is 3.18. The van der Waals surface area contributed by atoms with E-state index in [1.807, 2.05) is 18.2 Å². The molecule has 0 unspecified atom stereocenters. The molecule has 8 nitrogen and oxygen atoms in total. The van der Waals surface area contributed by atoms with E-state index in [0.717, 1.165) is 42.7 Å². The summed E-state index contributed by atoms with van der Waals surface area (Å²) in [5.41, 5.74) is 7.62. The van der Waals surface area contributed by atoms with Gasteiger partial charge in [-0.05, 0) is 36.6 Å². The van der Waals surface area contributed by atoms with Crippen LogP contribution in [0.3, 0.4) is 0 Å². The summed E-state index contributed by atoms with van der Waals surface area (Å²) in [7, 11) is 3.27. The van der Waals surface area contributed by atoms with Crippen LogP contribution in [0.25, 0.3) is 5.65 Å². The lowest BCUT2D eigenvalue weighted by molar-refractivity contribution is 0.100. The van der Waals surface area contributed by atoms with Gasteiger partial charge in [0.15, 0.2) is 11.5 Å². The first-order chi connectivity index (χ1) is 14.6. The van der Waals surface area contributed by atoms with Crippen molar-refractivity contribution in [3.05, 3.63) is 47.8 Å². The Morgan fingerprint density at radius 2 is 1.87 bits per heavy atom. The van der Waals surface area contributed by atoms with Crippen molar-refractivity contribution in [2.24, 2.45) is 5.73 Å². The van der Waals surface area contributed by atoms with E-state index in [1.54, 1.807) is 37.2 Å². The molecule has 1 aromatic carbocycles. The molecule has 0 atom stereocenters. The van der Waals surface area contributed by atoms with Crippen LogP contribution in [0.1, 0.15) is 48.0 Å². The summed E-state index contributed by atoms with van der Waals surface area (Å²) in [5, 5.41) is 4.71. The fourth-order valence-electron chi connectivity index (χ4n) is 4.22. The number of amides is 1. The molecule has 2 N–H and O–H groups in total. The summed E-state index contributed by atoms with van der Waals surface area (Å²) in [6, 6.07) is 7.86. The Hall–Kier alpha value is -3.29. The average Bonchev–Trinajstić information content (AvgIpc) is 3.17. The van der Waals surface area contributed by atoms with Gasteiger partial charge in [-0.3, -0.25) is 4.79 Å². The number of hydrogen-bond acceptors (Lipinski definition) is 6. The van der Waals surface area contributed by atoms with Gasteiger partial charge in [0, 0.05) is 31.0 Å². The van der Waals surface area contributed by atoms with Gasteiger partial charge in [-0.25, -0.2) is 9.50 Å². The maximum Gasteiger partial charge on any atom is 0.256 e. The van der Waals surface area contributed by atoms with Crippen molar-refractivity contribution in [2.75, 3.05) is 19.1 Å². The van der Waals surface area contributed by atoms with Crippen molar-refractivity contribution in [1.29, 1.82) is 0 Å². The number of fused-ring (bicyclic) bond motifs is 1. The third kappa shape index (κ3) is 3.90. The molecule has 1 aliphatic rings. The second-order valence-electron chi connectivity index (χ2n) is 7.59. The number of hydrogen-bond donors (Lipinski definition) is 1. The third-order valence-electron chi connectivity index (χ3n) is 5.67. The monoisotopic (exact) mass is 409 g/mol. The van der Waals surface area contributed by atoms with E-state index in [1.165, 1.54) is 6.42 Å². The Bertz CT molecular complexity index is 1020. The maximum absolute atomic E-state index is 12.4. The maximum atomic E-state index is 12.4. The standard InChI is InChI=1S/C22H27N5O3/c1-29-17-11-15(12-18(13-17)30-2)14-26(16-7-4-3-5-8-16)22-19(20(23)28)21-24-9-6-10-27(21)25-22/h6,9-13,16H,3-5,7-8,14H2,1-2H3,(H2,23,28). The van der Waals surface area contributed by atoms with Crippen LogP contribution in [0.5, 0.6) is 11.5 Å². The van der Waals surface area contributed by atoms with Crippen molar-refractivity contribution < 1.29 is 14.3 Å². The lowest BCUT2D eigenvalue weighted by Gasteiger charge is -2.35. The molecule has 0 aliphatic heterocycles. The second kappa shape index (κ2) is 8.61. The lowest BCUT2D eigenvalue weighted by Crippen LogP contribution is -2.38. The highest BCUT2D eigenvalue weighted by atomic mass is 16.5. The average molecular weight is 409 g/mol. The molecule has 3 aromatic rings. The van der Waals surface area contributed by atoms with Gasteiger partial charge in [-0.1, -0.05) is 19.3 Å². The minimum absolute atomic E-state index is 0.263. The Morgan fingerprint density at radius 3 is 2.50 bits per heavy atom. The highest BCUT2D eigenvalue weighted by molar-refractivity contribution is 6.03. The molecular formula is C22H27N5O3. The lowest BCUT2D eigenvalue weighted by atomic mass is 9.93. The van der Waals surface area contributed by atoms with Crippen LogP contribution in [0.4, 0.5) is 5.82 Å². The molecule has 0 saturated heterocycles. The molecule has 1 saturated carbocycles. The molecule has 8 heteroatoms. The molecule has 0 radical (unpaired) electrons. The van der Waals surface area contributed by atoms with Gasteiger partial charge >= 0.3 is 0 Å². The number of anilines is 1. The van der Waals surface area contributed by atoms with Gasteiger partial charge in [-0.2, -0.15) is 0 Å². The molecule has 1 fully saturated rings. The van der Waals surface area contributed by atoms with Crippen LogP contribution >= 0.6 is 0 Å². The van der Waals surface area contributed by atoms with Crippen molar-refractivity contribution >= 4 is 17.4 Å². The molecule has 158 valence electrons. The van der Waals surface area contributed by atoms with Crippen LogP contribution in [0.2, 0.25) is 0 Å². The molecule has 4 rings (SSSR count). The van der Waals surface area contributed by atoms with Crippen LogP contribution in [0, 0.1) is 0 Å². The van der Waals surface area contributed by atoms with Crippen LogP contribution in [-0.2, 0) is 6.54 Å². The van der Waals surface area contributed by atoms with Gasteiger partial charge in [-0.15, -0.1) is 5.10 Å². The smallest absolute Gasteiger partial charge is 0.256 e. The largest absolute Gasteiger partial charge is 0.497 e. The Morgan fingerprint density at radius 1 is 1.17 bits per heavy atom. The first-order valence-electron chi connectivity index (χ1n) is 10.2. The van der Waals surface area contributed by atoms with Crippen LogP contribution in [-0.4, -0.2) is 40.8 Å². The number of ether oxygens (including phenoxy) is 2. The fraction of sp³-hybridized carbons (Fsp3) is 0.409. The van der Waals surface area contributed by atoms with Gasteiger partial charge in [0.25, 0.3) is 5.91 Å². The normalized spacial score (nSPS) is 14.6. The number of nitrogens with two attached hydrogens (primary N) is 1. The van der Waals surface area contributed by atoms with E-state index in [0.29, 0.717) is 23.6 Å². The topological polar surface area (TPSA) is 95.0 Å². The highest BCUT2D eigenvalue weighted by Crippen LogP contribution is 2.33. The van der Waals surface area contributed by atoms with Crippen LogP contribution in [0.15, 0.2) is 36.7 Å². The first-order valence-corrected chi connectivity index (χ1v) is 10.2. The van der Waals surface area contributed by atoms with E-state index >= 15 is 0 Å². The number of primary amides is 1. The van der Waals surface area contributed by atoms with E-state index in [2.05, 4.69) is 9.88 Å². The van der Waals surface area contributed by atoms with Crippen molar-refractivity contribution in [1.82, 2.24) is 14.6 Å². The molecule has 1 aliphatic carbocycles. The third-order valence-corrected chi connectivity index (χ3v) is 5.67. The van der Waals surface area contributed by atoms with Gasteiger partial charge in [0.1, 0.15) is 17.1 Å².